The van der Waals surface area contributed by atoms with E-state index in [0.29, 0.717) is 11.3 Å². The molecule has 4 rings (SSSR count). The monoisotopic (exact) mass is 493 g/mol. The third-order valence-electron chi connectivity index (χ3n) is 5.07. The summed E-state index contributed by atoms with van der Waals surface area (Å²) in [6.45, 7) is -0.121. The molecule has 36 heavy (non-hydrogen) atoms. The maximum absolute atomic E-state index is 12.9. The Labute approximate surface area is 203 Å². The number of pyridine rings is 1. The lowest BCUT2D eigenvalue weighted by atomic mass is 10.0. The van der Waals surface area contributed by atoms with Crippen molar-refractivity contribution in [3.05, 3.63) is 119 Å². The molecule has 0 bridgehead atoms. The molecule has 1 heterocycles. The minimum atomic E-state index is -4.45. The first-order chi connectivity index (χ1) is 17.2. The quantitative estimate of drug-likeness (QED) is 0.286. The largest absolute Gasteiger partial charge is 0.487 e. The summed E-state index contributed by atoms with van der Waals surface area (Å²) < 4.78 is 49.7. The molecule has 0 amide bonds. The maximum Gasteiger partial charge on any atom is 0.416 e. The van der Waals surface area contributed by atoms with E-state index in [9.17, 15) is 27.9 Å². The SMILES string of the molecule is O=C(c1ccc(Oc2ccccc2)c(C(=O)O)c1)c1ccc(OCc2cccc(C(F)(F)F)c2)cn1. The summed E-state index contributed by atoms with van der Waals surface area (Å²) in [5.41, 5.74) is -0.509. The number of carbonyl (C=O) groups is 2. The molecule has 0 radical (unpaired) electrons. The van der Waals surface area contributed by atoms with E-state index in [1.165, 1.54) is 48.7 Å². The minimum Gasteiger partial charge on any atom is -0.487 e. The van der Waals surface area contributed by atoms with E-state index in [2.05, 4.69) is 4.98 Å². The lowest BCUT2D eigenvalue weighted by Crippen LogP contribution is -2.08. The summed E-state index contributed by atoms with van der Waals surface area (Å²) in [5, 5.41) is 9.59. The predicted octanol–water partition coefficient (Wildman–Crippen LogP) is 6.40. The topological polar surface area (TPSA) is 85.7 Å². The number of aromatic carboxylic acids is 1. The smallest absolute Gasteiger partial charge is 0.416 e. The van der Waals surface area contributed by atoms with Crippen LogP contribution in [0.5, 0.6) is 17.2 Å². The molecule has 6 nitrogen and oxygen atoms in total. The standard InChI is InChI=1S/C27H18F3NO5/c28-27(29,30)19-6-4-5-17(13-19)16-35-21-10-11-23(31-15-21)25(32)18-9-12-24(22(14-18)26(33)34)36-20-7-2-1-3-8-20/h1-15H,16H2,(H,33,34). The van der Waals surface area contributed by atoms with Crippen LogP contribution in [0.3, 0.4) is 0 Å². The van der Waals surface area contributed by atoms with Gasteiger partial charge in [0.1, 0.15) is 35.1 Å². The number of alkyl halides is 3. The van der Waals surface area contributed by atoms with Crippen molar-refractivity contribution in [3.63, 3.8) is 0 Å². The Morgan fingerprint density at radius 1 is 0.861 bits per heavy atom. The summed E-state index contributed by atoms with van der Waals surface area (Å²) in [6.07, 6.45) is -3.18. The van der Waals surface area contributed by atoms with Crippen molar-refractivity contribution in [1.29, 1.82) is 0 Å². The van der Waals surface area contributed by atoms with Crippen LogP contribution in [0.15, 0.2) is 91.1 Å². The van der Waals surface area contributed by atoms with Gasteiger partial charge in [-0.25, -0.2) is 9.78 Å². The van der Waals surface area contributed by atoms with Crippen molar-refractivity contribution in [2.45, 2.75) is 12.8 Å². The highest BCUT2D eigenvalue weighted by atomic mass is 19.4. The molecule has 0 spiro atoms. The number of hydrogen-bond donors (Lipinski definition) is 1. The van der Waals surface area contributed by atoms with Crippen molar-refractivity contribution < 1.29 is 37.3 Å². The zero-order valence-electron chi connectivity index (χ0n) is 18.5. The van der Waals surface area contributed by atoms with E-state index in [4.69, 9.17) is 9.47 Å². The Morgan fingerprint density at radius 3 is 2.31 bits per heavy atom. The number of hydrogen-bond acceptors (Lipinski definition) is 5. The van der Waals surface area contributed by atoms with Crippen LogP contribution in [0, 0.1) is 0 Å². The van der Waals surface area contributed by atoms with Gasteiger partial charge in [0.15, 0.2) is 0 Å². The highest BCUT2D eigenvalue weighted by Crippen LogP contribution is 2.30. The first-order valence-electron chi connectivity index (χ1n) is 10.6. The van der Waals surface area contributed by atoms with Crippen LogP contribution < -0.4 is 9.47 Å². The Morgan fingerprint density at radius 2 is 1.64 bits per heavy atom. The van der Waals surface area contributed by atoms with E-state index >= 15 is 0 Å². The first-order valence-corrected chi connectivity index (χ1v) is 10.6. The van der Waals surface area contributed by atoms with Gasteiger partial charge in [0.2, 0.25) is 5.78 Å². The van der Waals surface area contributed by atoms with Crippen LogP contribution in [0.1, 0.15) is 37.5 Å². The number of aromatic nitrogens is 1. The van der Waals surface area contributed by atoms with Crippen molar-refractivity contribution in [3.8, 4) is 17.2 Å². The molecule has 0 saturated heterocycles. The normalized spacial score (nSPS) is 11.1. The number of ether oxygens (including phenoxy) is 2. The molecule has 0 saturated carbocycles. The summed E-state index contributed by atoms with van der Waals surface area (Å²) in [7, 11) is 0. The Kier molecular flexibility index (Phi) is 7.00. The van der Waals surface area contributed by atoms with Crippen LogP contribution in [0.25, 0.3) is 0 Å². The van der Waals surface area contributed by atoms with E-state index in [-0.39, 0.29) is 34.9 Å². The summed E-state index contributed by atoms with van der Waals surface area (Å²) >= 11 is 0. The molecule has 0 fully saturated rings. The van der Waals surface area contributed by atoms with Gasteiger partial charge < -0.3 is 14.6 Å². The molecule has 4 aromatic rings. The van der Waals surface area contributed by atoms with Crippen molar-refractivity contribution >= 4 is 11.8 Å². The Balaban J connectivity index is 1.46. The van der Waals surface area contributed by atoms with Crippen molar-refractivity contribution in [2.75, 3.05) is 0 Å². The predicted molar refractivity (Wildman–Crippen MR) is 123 cm³/mol. The van der Waals surface area contributed by atoms with Gasteiger partial charge in [-0.1, -0.05) is 30.3 Å². The zero-order chi connectivity index (χ0) is 25.7. The number of carbonyl (C=O) groups excluding carboxylic acids is 1. The fourth-order valence-electron chi connectivity index (χ4n) is 3.29. The van der Waals surface area contributed by atoms with E-state index in [0.717, 1.165) is 12.1 Å². The van der Waals surface area contributed by atoms with Gasteiger partial charge in [0, 0.05) is 5.56 Å². The summed E-state index contributed by atoms with van der Waals surface area (Å²) in [6, 6.07) is 20.3. The fourth-order valence-corrected chi connectivity index (χ4v) is 3.29. The molecule has 0 aliphatic rings. The Bertz CT molecular complexity index is 1390. The molecule has 0 atom stereocenters. The number of carboxylic acids is 1. The van der Waals surface area contributed by atoms with Gasteiger partial charge in [0.25, 0.3) is 0 Å². The second-order valence-electron chi connectivity index (χ2n) is 7.63. The summed E-state index contributed by atoms with van der Waals surface area (Å²) in [4.78, 5) is 28.7. The van der Waals surface area contributed by atoms with Crippen LogP contribution in [-0.4, -0.2) is 21.8 Å². The number of carboxylic acid groups (broad SMARTS) is 1. The van der Waals surface area contributed by atoms with Crippen molar-refractivity contribution in [2.24, 2.45) is 0 Å². The number of rotatable bonds is 8. The minimum absolute atomic E-state index is 0.0366. The lowest BCUT2D eigenvalue weighted by molar-refractivity contribution is -0.137. The first kappa shape index (κ1) is 24.5. The zero-order valence-corrected chi connectivity index (χ0v) is 18.5. The van der Waals surface area contributed by atoms with Gasteiger partial charge in [-0.15, -0.1) is 0 Å². The molecule has 3 aromatic carbocycles. The highest BCUT2D eigenvalue weighted by Gasteiger charge is 2.30. The van der Waals surface area contributed by atoms with Crippen LogP contribution in [0.4, 0.5) is 13.2 Å². The maximum atomic E-state index is 12.9. The number of para-hydroxylation sites is 1. The number of ketones is 1. The molecule has 0 aliphatic heterocycles. The average molecular weight is 493 g/mol. The number of benzene rings is 3. The van der Waals surface area contributed by atoms with Gasteiger partial charge in [0.05, 0.1) is 11.8 Å². The fraction of sp³-hybridized carbons (Fsp3) is 0.0741. The van der Waals surface area contributed by atoms with Gasteiger partial charge in [-0.3, -0.25) is 4.79 Å². The van der Waals surface area contributed by atoms with Gasteiger partial charge in [-0.05, 0) is 60.2 Å². The van der Waals surface area contributed by atoms with E-state index < -0.39 is 23.5 Å². The van der Waals surface area contributed by atoms with E-state index in [1.807, 2.05) is 0 Å². The highest BCUT2D eigenvalue weighted by molar-refractivity contribution is 6.09. The second-order valence-corrected chi connectivity index (χ2v) is 7.63. The van der Waals surface area contributed by atoms with Gasteiger partial charge in [-0.2, -0.15) is 13.2 Å². The third kappa shape index (κ3) is 5.87. The molecule has 0 unspecified atom stereocenters. The Hall–Kier alpha value is -4.66. The molecular weight excluding hydrogens is 475 g/mol. The van der Waals surface area contributed by atoms with Gasteiger partial charge >= 0.3 is 12.1 Å². The molecule has 1 N–H and O–H groups in total. The lowest BCUT2D eigenvalue weighted by Gasteiger charge is -2.11. The van der Waals surface area contributed by atoms with E-state index in [1.54, 1.807) is 30.3 Å². The van der Waals surface area contributed by atoms with Crippen molar-refractivity contribution in [1.82, 2.24) is 4.98 Å². The molecule has 1 aromatic heterocycles. The molecule has 0 aliphatic carbocycles. The molecular formula is C27H18F3NO5. The molecule has 9 heteroatoms. The second kappa shape index (κ2) is 10.3. The van der Waals surface area contributed by atoms with Crippen LogP contribution in [0.2, 0.25) is 0 Å². The average Bonchev–Trinajstić information content (AvgIpc) is 2.88. The third-order valence-corrected chi connectivity index (χ3v) is 5.07. The summed E-state index contributed by atoms with van der Waals surface area (Å²) in [5.74, 6) is -1.00. The number of halogens is 3. The number of nitrogens with zero attached hydrogens (tertiary/aromatic N) is 1. The van der Waals surface area contributed by atoms with Crippen LogP contribution in [-0.2, 0) is 12.8 Å². The molecule has 182 valence electrons. The van der Waals surface area contributed by atoms with Crippen LogP contribution >= 0.6 is 0 Å².